The number of carbonyl (C=O) groups is 1. The Bertz CT molecular complexity index is 540. The van der Waals surface area contributed by atoms with E-state index < -0.39 is 35.6 Å². The van der Waals surface area contributed by atoms with Crippen LogP contribution in [0.1, 0.15) is 5.56 Å². The molecule has 0 radical (unpaired) electrons. The van der Waals surface area contributed by atoms with Crippen LogP contribution >= 0.6 is 0 Å². The largest absolute Gasteiger partial charge is 0.373 e. The van der Waals surface area contributed by atoms with Gasteiger partial charge >= 0.3 is 0 Å². The van der Waals surface area contributed by atoms with E-state index in [0.29, 0.717) is 5.56 Å². The van der Waals surface area contributed by atoms with E-state index in [9.17, 15) is 30.3 Å². The molecule has 136 valence electrons. The molecule has 1 aromatic carbocycles. The van der Waals surface area contributed by atoms with Crippen LogP contribution in [0.4, 0.5) is 0 Å². The van der Waals surface area contributed by atoms with Gasteiger partial charge in [-0.15, -0.1) is 0 Å². The van der Waals surface area contributed by atoms with Crippen LogP contribution in [-0.2, 0) is 11.3 Å². The second-order valence-electron chi connectivity index (χ2n) is 5.15. The zero-order chi connectivity index (χ0) is 18.8. The van der Waals surface area contributed by atoms with Gasteiger partial charge in [0.1, 0.15) is 0 Å². The van der Waals surface area contributed by atoms with Crippen LogP contribution in [0, 0.1) is 0 Å². The zero-order valence-corrected chi connectivity index (χ0v) is 12.3. The average molecular weight is 348 g/mol. The predicted octanol–water partition coefficient (Wildman–Crippen LogP) is -5.02. The zero-order valence-electron chi connectivity index (χ0n) is 12.3. The van der Waals surface area contributed by atoms with Crippen molar-refractivity contribution in [2.75, 3.05) is 0 Å². The summed E-state index contributed by atoms with van der Waals surface area (Å²) in [4.78, 5) is 12.2. The molecule has 0 saturated heterocycles. The Labute approximate surface area is 135 Å². The smallest absolute Gasteiger partial charge is 0.264 e. The molecule has 0 bridgehead atoms. The minimum absolute atomic E-state index is 0.309. The minimum Gasteiger partial charge on any atom is -0.373 e. The normalized spacial score (nSPS) is 16.6. The van der Waals surface area contributed by atoms with Gasteiger partial charge in [-0.1, -0.05) is 30.3 Å². The standard InChI is InChI=1S/C13H20N2O9/c14-8(16)12(21,22)11(20,13(23,24)10(18)19)9(17)15-6-7-4-2-1-3-5-7/h1-5,8,10,16,18-24H,6,14H2,(H,15,17). The molecule has 11 heteroatoms. The number of rotatable bonds is 7. The van der Waals surface area contributed by atoms with Crippen molar-refractivity contribution in [3.05, 3.63) is 35.9 Å². The maximum atomic E-state index is 12.2. The number of nitrogens with one attached hydrogen (secondary N) is 1. The molecule has 0 aliphatic rings. The van der Waals surface area contributed by atoms with Crippen molar-refractivity contribution in [3.63, 3.8) is 0 Å². The lowest BCUT2D eigenvalue weighted by atomic mass is 9.81. The van der Waals surface area contributed by atoms with E-state index >= 15 is 0 Å². The van der Waals surface area contributed by atoms with Gasteiger partial charge in [0.05, 0.1) is 0 Å². The van der Waals surface area contributed by atoms with Gasteiger partial charge in [-0.2, -0.15) is 0 Å². The molecule has 0 saturated carbocycles. The predicted molar refractivity (Wildman–Crippen MR) is 76.0 cm³/mol. The number of amides is 1. The van der Waals surface area contributed by atoms with Crippen molar-refractivity contribution in [2.24, 2.45) is 5.73 Å². The second-order valence-corrected chi connectivity index (χ2v) is 5.15. The highest BCUT2D eigenvalue weighted by Gasteiger charge is 2.71. The Morgan fingerprint density at radius 2 is 1.50 bits per heavy atom. The lowest BCUT2D eigenvalue weighted by molar-refractivity contribution is -0.419. The van der Waals surface area contributed by atoms with Crippen molar-refractivity contribution < 1.29 is 45.6 Å². The lowest BCUT2D eigenvalue weighted by Gasteiger charge is -2.46. The fourth-order valence-electron chi connectivity index (χ4n) is 1.91. The Morgan fingerprint density at radius 3 is 1.92 bits per heavy atom. The highest BCUT2D eigenvalue weighted by atomic mass is 16.6. The fraction of sp³-hybridized carbons (Fsp3) is 0.462. The summed E-state index contributed by atoms with van der Waals surface area (Å²) in [6.07, 6.45) is -6.00. The van der Waals surface area contributed by atoms with E-state index in [1.807, 2.05) is 5.32 Å². The molecule has 0 spiro atoms. The monoisotopic (exact) mass is 348 g/mol. The SMILES string of the molecule is NC(O)C(O)(O)C(O)(C(=O)NCc1ccccc1)C(O)(O)C(O)O. The molecule has 2 atom stereocenters. The van der Waals surface area contributed by atoms with Crippen LogP contribution in [0.25, 0.3) is 0 Å². The highest BCUT2D eigenvalue weighted by Crippen LogP contribution is 2.34. The summed E-state index contributed by atoms with van der Waals surface area (Å²) in [5.74, 6) is -10.1. The molecule has 0 aliphatic heterocycles. The Balaban J connectivity index is 3.20. The van der Waals surface area contributed by atoms with Gasteiger partial charge in [-0.05, 0) is 5.56 Å². The number of nitrogens with two attached hydrogens (primary N) is 1. The topological polar surface area (TPSA) is 217 Å². The maximum Gasteiger partial charge on any atom is 0.264 e. The minimum atomic E-state index is -4.20. The molecular weight excluding hydrogens is 328 g/mol. The van der Waals surface area contributed by atoms with Crippen LogP contribution in [0.15, 0.2) is 30.3 Å². The number of hydrogen-bond donors (Lipinski definition) is 10. The maximum absolute atomic E-state index is 12.2. The van der Waals surface area contributed by atoms with Crippen LogP contribution < -0.4 is 11.1 Å². The third kappa shape index (κ3) is 3.39. The van der Waals surface area contributed by atoms with E-state index in [4.69, 9.17) is 21.1 Å². The van der Waals surface area contributed by atoms with E-state index in [1.165, 1.54) is 0 Å². The third-order valence-corrected chi connectivity index (χ3v) is 3.46. The van der Waals surface area contributed by atoms with Gasteiger partial charge in [0.25, 0.3) is 17.3 Å². The number of benzene rings is 1. The molecule has 0 aromatic heterocycles. The van der Waals surface area contributed by atoms with Crippen molar-refractivity contribution in [3.8, 4) is 0 Å². The second kappa shape index (κ2) is 7.06. The Kier molecular flexibility index (Phi) is 6.00. The number of hydrogen-bond acceptors (Lipinski definition) is 10. The van der Waals surface area contributed by atoms with Crippen LogP contribution in [0.2, 0.25) is 0 Å². The summed E-state index contributed by atoms with van der Waals surface area (Å²) in [7, 11) is 0. The first-order valence-corrected chi connectivity index (χ1v) is 6.63. The number of aliphatic hydroxyl groups excluding tert-OH is 2. The fourth-order valence-corrected chi connectivity index (χ4v) is 1.91. The quantitative estimate of drug-likeness (QED) is 0.211. The summed E-state index contributed by atoms with van der Waals surface area (Å²) in [5, 5.41) is 77.8. The van der Waals surface area contributed by atoms with Crippen molar-refractivity contribution in [1.29, 1.82) is 0 Å². The van der Waals surface area contributed by atoms with E-state index in [2.05, 4.69) is 0 Å². The summed E-state index contributed by atoms with van der Waals surface area (Å²) in [6, 6.07) is 8.00. The van der Waals surface area contributed by atoms with Gasteiger partial charge in [0.15, 0.2) is 6.23 Å². The molecule has 24 heavy (non-hydrogen) atoms. The lowest BCUT2D eigenvalue weighted by Crippen LogP contribution is -2.81. The molecule has 0 aliphatic carbocycles. The molecule has 1 aromatic rings. The number of aliphatic hydroxyl groups is 8. The number of carbonyl (C=O) groups excluding carboxylic acids is 1. The summed E-state index contributed by atoms with van der Waals surface area (Å²) in [5.41, 5.74) is 1.18. The summed E-state index contributed by atoms with van der Waals surface area (Å²) < 4.78 is 0. The average Bonchev–Trinajstić information content (AvgIpc) is 2.51. The van der Waals surface area contributed by atoms with Crippen LogP contribution in [0.5, 0.6) is 0 Å². The van der Waals surface area contributed by atoms with Gasteiger partial charge < -0.3 is 51.9 Å². The van der Waals surface area contributed by atoms with Crippen LogP contribution in [0.3, 0.4) is 0 Å². The van der Waals surface area contributed by atoms with Gasteiger partial charge in [0, 0.05) is 6.54 Å². The first-order valence-electron chi connectivity index (χ1n) is 6.63. The summed E-state index contributed by atoms with van der Waals surface area (Å²) in [6.45, 7) is -0.309. The van der Waals surface area contributed by atoms with Crippen LogP contribution in [-0.4, -0.2) is 76.5 Å². The molecule has 2 unspecified atom stereocenters. The van der Waals surface area contributed by atoms with Gasteiger partial charge in [0.2, 0.25) is 12.1 Å². The van der Waals surface area contributed by atoms with E-state index in [0.717, 1.165) is 0 Å². The highest BCUT2D eigenvalue weighted by molar-refractivity contribution is 5.87. The third-order valence-electron chi connectivity index (χ3n) is 3.46. The molecule has 1 rings (SSSR count). The molecule has 0 fully saturated rings. The molecule has 1 amide bonds. The van der Waals surface area contributed by atoms with Crippen molar-refractivity contribution in [2.45, 2.75) is 36.2 Å². The first kappa shape index (κ1) is 20.4. The summed E-state index contributed by atoms with van der Waals surface area (Å²) >= 11 is 0. The molecule has 11 N–H and O–H groups in total. The molecule has 0 heterocycles. The van der Waals surface area contributed by atoms with Crippen molar-refractivity contribution in [1.82, 2.24) is 5.32 Å². The van der Waals surface area contributed by atoms with Crippen molar-refractivity contribution >= 4 is 5.91 Å². The van der Waals surface area contributed by atoms with Gasteiger partial charge in [-0.3, -0.25) is 4.79 Å². The Morgan fingerprint density at radius 1 is 1.00 bits per heavy atom. The van der Waals surface area contributed by atoms with E-state index in [1.54, 1.807) is 30.3 Å². The van der Waals surface area contributed by atoms with E-state index in [-0.39, 0.29) is 6.54 Å². The first-order chi connectivity index (χ1) is 10.9. The molecule has 11 nitrogen and oxygen atoms in total. The van der Waals surface area contributed by atoms with Gasteiger partial charge in [-0.25, -0.2) is 0 Å². The Hall–Kier alpha value is -1.67. The molecular formula is C13H20N2O9.